The third-order valence-electron chi connectivity index (χ3n) is 4.54. The van der Waals surface area contributed by atoms with Crippen LogP contribution in [0.3, 0.4) is 0 Å². The highest BCUT2D eigenvalue weighted by molar-refractivity contribution is 6.04. The maximum atomic E-state index is 12.7. The molecule has 0 aliphatic carbocycles. The highest BCUT2D eigenvalue weighted by Crippen LogP contribution is 2.17. The second-order valence-electron chi connectivity index (χ2n) is 6.26. The summed E-state index contributed by atoms with van der Waals surface area (Å²) in [5.41, 5.74) is 0.824. The molecule has 26 heavy (non-hydrogen) atoms. The van der Waals surface area contributed by atoms with Crippen LogP contribution in [0.15, 0.2) is 54.6 Å². The molecule has 134 valence electrons. The summed E-state index contributed by atoms with van der Waals surface area (Å²) in [5.74, 6) is -1.51. The molecule has 1 saturated heterocycles. The Morgan fingerprint density at radius 1 is 0.885 bits per heavy atom. The minimum absolute atomic E-state index is 0.00136. The molecule has 1 aliphatic rings. The minimum atomic E-state index is -1.11. The maximum absolute atomic E-state index is 12.7. The van der Waals surface area contributed by atoms with Gasteiger partial charge in [0.05, 0.1) is 11.1 Å². The third kappa shape index (κ3) is 3.91. The highest BCUT2D eigenvalue weighted by Gasteiger charge is 2.27. The third-order valence-corrected chi connectivity index (χ3v) is 4.54. The van der Waals surface area contributed by atoms with E-state index in [0.29, 0.717) is 31.5 Å². The van der Waals surface area contributed by atoms with Gasteiger partial charge in [-0.05, 0) is 37.1 Å². The number of carboxylic acids is 1. The number of benzene rings is 2. The van der Waals surface area contributed by atoms with Gasteiger partial charge in [-0.15, -0.1) is 0 Å². The van der Waals surface area contributed by atoms with Gasteiger partial charge < -0.3 is 15.3 Å². The number of nitrogens with one attached hydrogen (secondary N) is 1. The van der Waals surface area contributed by atoms with Crippen molar-refractivity contribution in [1.82, 2.24) is 10.2 Å². The Morgan fingerprint density at radius 2 is 1.46 bits per heavy atom. The molecule has 0 atom stereocenters. The fourth-order valence-electron chi connectivity index (χ4n) is 3.11. The van der Waals surface area contributed by atoms with Gasteiger partial charge in [-0.25, -0.2) is 4.79 Å². The molecule has 6 nitrogen and oxygen atoms in total. The number of hydrogen-bond acceptors (Lipinski definition) is 3. The number of carbonyl (C=O) groups excluding carboxylic acids is 2. The lowest BCUT2D eigenvalue weighted by Gasteiger charge is -2.32. The molecular formula is C20H20N2O4. The van der Waals surface area contributed by atoms with Crippen LogP contribution in [0.1, 0.15) is 43.9 Å². The first kappa shape index (κ1) is 17.7. The van der Waals surface area contributed by atoms with Gasteiger partial charge in [0.25, 0.3) is 11.8 Å². The van der Waals surface area contributed by atoms with Crippen molar-refractivity contribution in [2.45, 2.75) is 18.9 Å². The second-order valence-corrected chi connectivity index (χ2v) is 6.26. The van der Waals surface area contributed by atoms with Crippen LogP contribution >= 0.6 is 0 Å². The molecular weight excluding hydrogens is 332 g/mol. The molecule has 0 aromatic heterocycles. The molecule has 2 N–H and O–H groups in total. The van der Waals surface area contributed by atoms with E-state index in [-0.39, 0.29) is 29.0 Å². The van der Waals surface area contributed by atoms with E-state index in [0.717, 1.165) is 0 Å². The zero-order valence-corrected chi connectivity index (χ0v) is 14.2. The maximum Gasteiger partial charge on any atom is 0.336 e. The van der Waals surface area contributed by atoms with Gasteiger partial charge in [0.2, 0.25) is 0 Å². The summed E-state index contributed by atoms with van der Waals surface area (Å²) in [6, 6.07) is 15.2. The number of carbonyl (C=O) groups is 3. The van der Waals surface area contributed by atoms with Gasteiger partial charge in [-0.1, -0.05) is 30.3 Å². The molecule has 0 spiro atoms. The smallest absolute Gasteiger partial charge is 0.336 e. The molecule has 2 aromatic rings. The van der Waals surface area contributed by atoms with Crippen LogP contribution in [-0.4, -0.2) is 46.9 Å². The summed E-state index contributed by atoms with van der Waals surface area (Å²) in [7, 11) is 0. The van der Waals surface area contributed by atoms with Gasteiger partial charge >= 0.3 is 5.97 Å². The molecule has 0 saturated carbocycles. The molecule has 1 fully saturated rings. The van der Waals surface area contributed by atoms with Gasteiger partial charge in [0, 0.05) is 24.7 Å². The first-order valence-electron chi connectivity index (χ1n) is 8.54. The quantitative estimate of drug-likeness (QED) is 0.885. The minimum Gasteiger partial charge on any atom is -0.478 e. The molecule has 3 rings (SSSR count). The summed E-state index contributed by atoms with van der Waals surface area (Å²) < 4.78 is 0. The van der Waals surface area contributed by atoms with Crippen LogP contribution in [0.25, 0.3) is 0 Å². The van der Waals surface area contributed by atoms with Crippen LogP contribution in [0.5, 0.6) is 0 Å². The number of piperidine rings is 1. The molecule has 1 aliphatic heterocycles. The summed E-state index contributed by atoms with van der Waals surface area (Å²) >= 11 is 0. The molecule has 2 amide bonds. The zero-order valence-electron chi connectivity index (χ0n) is 14.2. The molecule has 2 aromatic carbocycles. The topological polar surface area (TPSA) is 86.7 Å². The van der Waals surface area contributed by atoms with Crippen LogP contribution in [-0.2, 0) is 0 Å². The lowest BCUT2D eigenvalue weighted by molar-refractivity contribution is 0.0654. The predicted molar refractivity (Wildman–Crippen MR) is 96.2 cm³/mol. The van der Waals surface area contributed by atoms with Crippen molar-refractivity contribution in [3.05, 3.63) is 71.3 Å². The van der Waals surface area contributed by atoms with E-state index < -0.39 is 5.97 Å². The Bertz CT molecular complexity index is 812. The predicted octanol–water partition coefficient (Wildman–Crippen LogP) is 2.42. The van der Waals surface area contributed by atoms with Crippen molar-refractivity contribution < 1.29 is 19.5 Å². The number of rotatable bonds is 4. The number of likely N-dealkylation sites (tertiary alicyclic amines) is 1. The largest absolute Gasteiger partial charge is 0.478 e. The molecule has 6 heteroatoms. The summed E-state index contributed by atoms with van der Waals surface area (Å²) in [6.07, 6.45) is 1.28. The van der Waals surface area contributed by atoms with E-state index in [4.69, 9.17) is 0 Å². The van der Waals surface area contributed by atoms with Crippen molar-refractivity contribution in [1.29, 1.82) is 0 Å². The number of amides is 2. The Balaban J connectivity index is 1.59. The molecule has 0 radical (unpaired) electrons. The number of aromatic carboxylic acids is 1. The Hall–Kier alpha value is -3.15. The number of hydrogen-bond donors (Lipinski definition) is 2. The normalized spacial score (nSPS) is 14.7. The van der Waals surface area contributed by atoms with E-state index in [9.17, 15) is 19.5 Å². The fraction of sp³-hybridized carbons (Fsp3) is 0.250. The Kier molecular flexibility index (Phi) is 5.31. The lowest BCUT2D eigenvalue weighted by atomic mass is 10.0. The lowest BCUT2D eigenvalue weighted by Crippen LogP contribution is -2.46. The van der Waals surface area contributed by atoms with Crippen LogP contribution in [0.2, 0.25) is 0 Å². The van der Waals surface area contributed by atoms with Gasteiger partial charge in [0.15, 0.2) is 0 Å². The average molecular weight is 352 g/mol. The number of carboxylic acid groups (broad SMARTS) is 1. The van der Waals surface area contributed by atoms with Crippen molar-refractivity contribution in [3.8, 4) is 0 Å². The second kappa shape index (κ2) is 7.82. The molecule has 0 bridgehead atoms. The van der Waals surface area contributed by atoms with E-state index in [1.165, 1.54) is 12.1 Å². The van der Waals surface area contributed by atoms with Crippen molar-refractivity contribution in [2.75, 3.05) is 13.1 Å². The zero-order chi connectivity index (χ0) is 18.5. The number of nitrogens with zero attached hydrogens (tertiary/aromatic N) is 1. The standard InChI is InChI=1S/C20H20N2O4/c23-18(14-6-2-1-3-7-14)21-15-10-12-22(13-11-15)19(24)16-8-4-5-9-17(16)20(25)26/h1-9,15H,10-13H2,(H,21,23)(H,25,26). The van der Waals surface area contributed by atoms with E-state index in [1.807, 2.05) is 18.2 Å². The van der Waals surface area contributed by atoms with Gasteiger partial charge in [-0.3, -0.25) is 9.59 Å². The first-order valence-corrected chi connectivity index (χ1v) is 8.54. The van der Waals surface area contributed by atoms with E-state index in [2.05, 4.69) is 5.32 Å². The Morgan fingerprint density at radius 3 is 2.08 bits per heavy atom. The fourth-order valence-corrected chi connectivity index (χ4v) is 3.11. The van der Waals surface area contributed by atoms with Gasteiger partial charge in [-0.2, -0.15) is 0 Å². The van der Waals surface area contributed by atoms with E-state index in [1.54, 1.807) is 29.2 Å². The Labute approximate surface area is 151 Å². The SMILES string of the molecule is O=C(NC1CCN(C(=O)c2ccccc2C(=O)O)CC1)c1ccccc1. The van der Waals surface area contributed by atoms with Crippen molar-refractivity contribution >= 4 is 17.8 Å². The first-order chi connectivity index (χ1) is 12.6. The highest BCUT2D eigenvalue weighted by atomic mass is 16.4. The molecule has 1 heterocycles. The monoisotopic (exact) mass is 352 g/mol. The summed E-state index contributed by atoms with van der Waals surface area (Å²) in [5, 5.41) is 12.2. The summed E-state index contributed by atoms with van der Waals surface area (Å²) in [4.78, 5) is 37.8. The molecule has 0 unspecified atom stereocenters. The van der Waals surface area contributed by atoms with Gasteiger partial charge in [0.1, 0.15) is 0 Å². The van der Waals surface area contributed by atoms with Crippen molar-refractivity contribution in [3.63, 3.8) is 0 Å². The van der Waals surface area contributed by atoms with Crippen LogP contribution < -0.4 is 5.32 Å². The summed E-state index contributed by atoms with van der Waals surface area (Å²) in [6.45, 7) is 0.957. The van der Waals surface area contributed by atoms with Crippen molar-refractivity contribution in [2.24, 2.45) is 0 Å². The van der Waals surface area contributed by atoms with Crippen LogP contribution in [0.4, 0.5) is 0 Å². The van der Waals surface area contributed by atoms with Crippen LogP contribution in [0, 0.1) is 0 Å². The average Bonchev–Trinajstić information content (AvgIpc) is 2.68. The van der Waals surface area contributed by atoms with E-state index >= 15 is 0 Å².